The minimum absolute atomic E-state index is 0.0985. The van der Waals surface area contributed by atoms with Gasteiger partial charge in [0.2, 0.25) is 5.91 Å². The van der Waals surface area contributed by atoms with E-state index in [0.717, 1.165) is 38.7 Å². The summed E-state index contributed by atoms with van der Waals surface area (Å²) < 4.78 is 11.6. The van der Waals surface area contributed by atoms with Crippen molar-refractivity contribution in [2.75, 3.05) is 0 Å². The van der Waals surface area contributed by atoms with E-state index in [4.69, 9.17) is 8.83 Å². The monoisotopic (exact) mass is 486 g/mol. The first-order valence-electron chi connectivity index (χ1n) is 11.7. The van der Waals surface area contributed by atoms with Crippen LogP contribution in [0.5, 0.6) is 0 Å². The van der Waals surface area contributed by atoms with Crippen LogP contribution >= 0.6 is 0 Å². The van der Waals surface area contributed by atoms with E-state index in [9.17, 15) is 19.5 Å². The molecule has 8 heteroatoms. The van der Waals surface area contributed by atoms with Crippen molar-refractivity contribution in [1.82, 2.24) is 10.3 Å². The van der Waals surface area contributed by atoms with E-state index in [0.29, 0.717) is 22.1 Å². The molecule has 0 radical (unpaired) electrons. The van der Waals surface area contributed by atoms with Crippen LogP contribution in [0.2, 0.25) is 0 Å². The molecule has 2 aromatic carbocycles. The van der Waals surface area contributed by atoms with Gasteiger partial charge >= 0.3 is 11.6 Å². The first kappa shape index (κ1) is 23.4. The molecule has 0 aliphatic carbocycles. The van der Waals surface area contributed by atoms with E-state index < -0.39 is 23.5 Å². The maximum absolute atomic E-state index is 12.9. The molecule has 0 aliphatic rings. The molecule has 1 atom stereocenters. The third kappa shape index (κ3) is 3.84. The number of hydrogen-bond donors (Lipinski definition) is 3. The molecule has 0 fully saturated rings. The zero-order chi connectivity index (χ0) is 25.7. The second-order valence-corrected chi connectivity index (χ2v) is 9.25. The van der Waals surface area contributed by atoms with Crippen molar-refractivity contribution in [2.24, 2.45) is 0 Å². The Labute approximate surface area is 205 Å². The van der Waals surface area contributed by atoms with Gasteiger partial charge in [0.1, 0.15) is 23.0 Å². The van der Waals surface area contributed by atoms with Crippen molar-refractivity contribution >= 4 is 44.7 Å². The Hall–Kier alpha value is -4.33. The Morgan fingerprint density at radius 2 is 1.81 bits per heavy atom. The Kier molecular flexibility index (Phi) is 5.67. The predicted molar refractivity (Wildman–Crippen MR) is 136 cm³/mol. The Bertz CT molecular complexity index is 1740. The Morgan fingerprint density at radius 3 is 2.56 bits per heavy atom. The SMILES string of the molecule is Cc1oc2c(c(C)cc3oc(=O)c(CC(=O)NC(Cc4c[nH]c5ccccc45)C(=O)O)c(C)c32)c1C. The van der Waals surface area contributed by atoms with E-state index in [1.54, 1.807) is 19.2 Å². The lowest BCUT2D eigenvalue weighted by atomic mass is 9.98. The van der Waals surface area contributed by atoms with Gasteiger partial charge in [0.25, 0.3) is 0 Å². The number of carbonyl (C=O) groups is 2. The zero-order valence-corrected chi connectivity index (χ0v) is 20.4. The van der Waals surface area contributed by atoms with Gasteiger partial charge in [0, 0.05) is 28.9 Å². The maximum atomic E-state index is 12.9. The first-order chi connectivity index (χ1) is 17.2. The van der Waals surface area contributed by atoms with Gasteiger partial charge in [-0.1, -0.05) is 18.2 Å². The fourth-order valence-corrected chi connectivity index (χ4v) is 4.96. The predicted octanol–water partition coefficient (Wildman–Crippen LogP) is 4.61. The van der Waals surface area contributed by atoms with E-state index in [2.05, 4.69) is 10.3 Å². The topological polar surface area (TPSA) is 126 Å². The molecular formula is C28H26N2O6. The summed E-state index contributed by atoms with van der Waals surface area (Å²) in [6, 6.07) is 8.20. The summed E-state index contributed by atoms with van der Waals surface area (Å²) in [5.41, 5.74) is 4.74. The number of amides is 1. The number of aromatic nitrogens is 1. The van der Waals surface area contributed by atoms with Crippen LogP contribution in [0.15, 0.2) is 50.2 Å². The van der Waals surface area contributed by atoms with Gasteiger partial charge in [-0.05, 0) is 62.1 Å². The van der Waals surface area contributed by atoms with Crippen LogP contribution in [-0.4, -0.2) is 28.0 Å². The van der Waals surface area contributed by atoms with Crippen LogP contribution in [0.1, 0.15) is 33.6 Å². The Morgan fingerprint density at radius 1 is 1.06 bits per heavy atom. The Balaban J connectivity index is 1.47. The fourth-order valence-electron chi connectivity index (χ4n) is 4.96. The highest BCUT2D eigenvalue weighted by molar-refractivity contribution is 6.07. The van der Waals surface area contributed by atoms with Gasteiger partial charge < -0.3 is 24.2 Å². The number of carboxylic acids is 1. The van der Waals surface area contributed by atoms with Gasteiger partial charge in [0.15, 0.2) is 0 Å². The van der Waals surface area contributed by atoms with E-state index >= 15 is 0 Å². The van der Waals surface area contributed by atoms with Crippen LogP contribution in [-0.2, 0) is 22.4 Å². The number of benzene rings is 2. The smallest absolute Gasteiger partial charge is 0.340 e. The van der Waals surface area contributed by atoms with Gasteiger partial charge in [-0.25, -0.2) is 9.59 Å². The summed E-state index contributed by atoms with van der Waals surface area (Å²) in [6.45, 7) is 7.54. The number of carboxylic acid groups (broad SMARTS) is 1. The average molecular weight is 487 g/mol. The lowest BCUT2D eigenvalue weighted by Gasteiger charge is -2.15. The van der Waals surface area contributed by atoms with Crippen molar-refractivity contribution in [1.29, 1.82) is 0 Å². The van der Waals surface area contributed by atoms with Crippen LogP contribution in [0.25, 0.3) is 32.8 Å². The molecular weight excluding hydrogens is 460 g/mol. The summed E-state index contributed by atoms with van der Waals surface area (Å²) in [4.78, 5) is 40.9. The molecule has 1 amide bonds. The van der Waals surface area contributed by atoms with Crippen molar-refractivity contribution in [3.8, 4) is 0 Å². The molecule has 0 saturated heterocycles. The summed E-state index contributed by atoms with van der Waals surface area (Å²) in [7, 11) is 0. The number of aliphatic carboxylic acids is 1. The van der Waals surface area contributed by atoms with Crippen LogP contribution < -0.4 is 10.9 Å². The molecule has 5 aromatic rings. The fraction of sp³-hybridized carbons (Fsp3) is 0.250. The number of carbonyl (C=O) groups excluding carboxylic acids is 1. The third-order valence-corrected chi connectivity index (χ3v) is 6.95. The number of fused-ring (bicyclic) bond motifs is 4. The minimum atomic E-state index is -1.16. The molecule has 184 valence electrons. The average Bonchev–Trinajstić information content (AvgIpc) is 3.36. The van der Waals surface area contributed by atoms with Crippen molar-refractivity contribution in [3.05, 3.63) is 80.5 Å². The molecule has 3 aromatic heterocycles. The normalized spacial score (nSPS) is 12.4. The van der Waals surface area contributed by atoms with Crippen LogP contribution in [0, 0.1) is 27.7 Å². The molecule has 0 spiro atoms. The highest BCUT2D eigenvalue weighted by atomic mass is 16.4. The lowest BCUT2D eigenvalue weighted by Crippen LogP contribution is -2.43. The number of rotatable bonds is 6. The van der Waals surface area contributed by atoms with Crippen molar-refractivity contribution in [3.63, 3.8) is 0 Å². The molecule has 36 heavy (non-hydrogen) atoms. The first-order valence-corrected chi connectivity index (χ1v) is 11.7. The molecule has 3 N–H and O–H groups in total. The van der Waals surface area contributed by atoms with Crippen LogP contribution in [0.4, 0.5) is 0 Å². The summed E-state index contributed by atoms with van der Waals surface area (Å²) in [5, 5.41) is 14.8. The van der Waals surface area contributed by atoms with Gasteiger partial charge in [0.05, 0.1) is 17.4 Å². The zero-order valence-electron chi connectivity index (χ0n) is 20.4. The van der Waals surface area contributed by atoms with E-state index in [1.807, 2.05) is 45.0 Å². The van der Waals surface area contributed by atoms with Crippen molar-refractivity contribution < 1.29 is 23.5 Å². The number of hydrogen-bond acceptors (Lipinski definition) is 5. The molecule has 0 aliphatic heterocycles. The standard InChI is InChI=1S/C28H26N2O6/c1-13-9-22-25(26-24(13)14(2)16(4)35-26)15(3)19(28(34)36-22)11-23(31)30-21(27(32)33)10-17-12-29-20-8-6-5-7-18(17)20/h5-9,12,21,29H,10-11H2,1-4H3,(H,30,31)(H,32,33). The molecule has 8 nitrogen and oxygen atoms in total. The minimum Gasteiger partial charge on any atom is -0.480 e. The molecule has 5 rings (SSSR count). The van der Waals surface area contributed by atoms with E-state index in [-0.39, 0.29) is 18.4 Å². The maximum Gasteiger partial charge on any atom is 0.340 e. The summed E-state index contributed by atoms with van der Waals surface area (Å²) in [6.07, 6.45) is 1.53. The van der Waals surface area contributed by atoms with Gasteiger partial charge in [-0.2, -0.15) is 0 Å². The number of H-pyrrole nitrogens is 1. The number of aryl methyl sites for hydroxylation is 4. The largest absolute Gasteiger partial charge is 0.480 e. The molecule has 0 saturated carbocycles. The number of nitrogens with one attached hydrogen (secondary N) is 2. The second kappa shape index (κ2) is 8.71. The number of para-hydroxylation sites is 1. The van der Waals surface area contributed by atoms with Gasteiger partial charge in [-0.3, -0.25) is 4.79 Å². The quantitative estimate of drug-likeness (QED) is 0.301. The molecule has 1 unspecified atom stereocenters. The third-order valence-electron chi connectivity index (χ3n) is 6.95. The highest BCUT2D eigenvalue weighted by Crippen LogP contribution is 2.36. The number of aromatic amines is 1. The molecule has 0 bridgehead atoms. The number of furan rings is 1. The van der Waals surface area contributed by atoms with Crippen molar-refractivity contribution in [2.45, 2.75) is 46.6 Å². The lowest BCUT2D eigenvalue weighted by molar-refractivity contribution is -0.141. The highest BCUT2D eigenvalue weighted by Gasteiger charge is 2.25. The van der Waals surface area contributed by atoms with Crippen LogP contribution in [0.3, 0.4) is 0 Å². The molecule has 3 heterocycles. The summed E-state index contributed by atoms with van der Waals surface area (Å²) >= 11 is 0. The van der Waals surface area contributed by atoms with Gasteiger partial charge in [-0.15, -0.1) is 0 Å². The summed E-state index contributed by atoms with van der Waals surface area (Å²) in [5.74, 6) is -0.964. The van der Waals surface area contributed by atoms with E-state index in [1.165, 1.54) is 0 Å². The second-order valence-electron chi connectivity index (χ2n) is 9.25.